The molecule has 1 heterocycles. The summed E-state index contributed by atoms with van der Waals surface area (Å²) in [6, 6.07) is 0. The van der Waals surface area contributed by atoms with E-state index in [0.717, 1.165) is 19.5 Å². The molecule has 0 bridgehead atoms. The monoisotopic (exact) mass is 156 g/mol. The topological polar surface area (TPSA) is 32.3 Å². The molecule has 1 N–H and O–H groups in total. The Morgan fingerprint density at radius 2 is 2.27 bits per heavy atom. The van der Waals surface area contributed by atoms with Gasteiger partial charge in [0.15, 0.2) is 0 Å². The second-order valence-electron chi connectivity index (χ2n) is 3.94. The number of amides is 1. The highest BCUT2D eigenvalue weighted by Crippen LogP contribution is 2.26. The van der Waals surface area contributed by atoms with E-state index in [4.69, 9.17) is 0 Å². The number of hydrazine groups is 1. The van der Waals surface area contributed by atoms with Gasteiger partial charge in [-0.25, -0.2) is 5.01 Å². The van der Waals surface area contributed by atoms with Crippen LogP contribution in [-0.2, 0) is 4.79 Å². The van der Waals surface area contributed by atoms with Crippen LogP contribution >= 0.6 is 0 Å². The molecule has 11 heavy (non-hydrogen) atoms. The highest BCUT2D eigenvalue weighted by atomic mass is 16.1. The van der Waals surface area contributed by atoms with Gasteiger partial charge < -0.3 is 0 Å². The number of hydrogen-bond donors (Lipinski definition) is 1. The van der Waals surface area contributed by atoms with E-state index >= 15 is 0 Å². The zero-order chi connectivity index (χ0) is 8.32. The van der Waals surface area contributed by atoms with Crippen LogP contribution in [0.25, 0.3) is 0 Å². The Hall–Kier alpha value is -0.570. The molecular formula is C8H16N2O. The molecule has 1 amide bonds. The fraction of sp³-hybridized carbons (Fsp3) is 0.875. The average molecular weight is 156 g/mol. The maximum atomic E-state index is 10.1. The standard InChI is InChI=1S/C8H16N2O/c1-8(2)4-3-5-10(6-8)9-7-11/h7H,3-6H2,1-2H3,(H,9,11). The first kappa shape index (κ1) is 8.53. The average Bonchev–Trinajstić information content (AvgIpc) is 1.85. The largest absolute Gasteiger partial charge is 0.292 e. The predicted octanol–water partition coefficient (Wildman–Crippen LogP) is 0.769. The third-order valence-corrected chi connectivity index (χ3v) is 2.14. The van der Waals surface area contributed by atoms with E-state index in [0.29, 0.717) is 5.41 Å². The Morgan fingerprint density at radius 1 is 1.55 bits per heavy atom. The smallest absolute Gasteiger partial charge is 0.221 e. The minimum Gasteiger partial charge on any atom is -0.292 e. The SMILES string of the molecule is CC1(C)CCCN(NC=O)C1. The number of nitrogens with zero attached hydrogens (tertiary/aromatic N) is 1. The first-order chi connectivity index (χ1) is 5.14. The van der Waals surface area contributed by atoms with E-state index in [-0.39, 0.29) is 0 Å². The van der Waals surface area contributed by atoms with Crippen molar-refractivity contribution in [3.8, 4) is 0 Å². The highest BCUT2D eigenvalue weighted by Gasteiger charge is 2.25. The van der Waals surface area contributed by atoms with Gasteiger partial charge in [-0.2, -0.15) is 0 Å². The summed E-state index contributed by atoms with van der Waals surface area (Å²) < 4.78 is 0. The molecule has 1 saturated heterocycles. The van der Waals surface area contributed by atoms with Crippen LogP contribution < -0.4 is 5.43 Å². The molecule has 0 radical (unpaired) electrons. The summed E-state index contributed by atoms with van der Waals surface area (Å²) in [7, 11) is 0. The van der Waals surface area contributed by atoms with Gasteiger partial charge in [-0.3, -0.25) is 10.2 Å². The number of rotatable bonds is 2. The fourth-order valence-electron chi connectivity index (χ4n) is 1.61. The van der Waals surface area contributed by atoms with Crippen LogP contribution in [0.15, 0.2) is 0 Å². The fourth-order valence-corrected chi connectivity index (χ4v) is 1.61. The predicted molar refractivity (Wildman–Crippen MR) is 43.8 cm³/mol. The molecule has 0 aromatic carbocycles. The van der Waals surface area contributed by atoms with Gasteiger partial charge in [-0.15, -0.1) is 0 Å². The van der Waals surface area contributed by atoms with Gasteiger partial charge >= 0.3 is 0 Å². The van der Waals surface area contributed by atoms with E-state index in [1.807, 2.05) is 5.01 Å². The van der Waals surface area contributed by atoms with Crippen molar-refractivity contribution in [1.82, 2.24) is 10.4 Å². The van der Waals surface area contributed by atoms with Crippen LogP contribution in [0, 0.1) is 5.41 Å². The van der Waals surface area contributed by atoms with Crippen molar-refractivity contribution in [2.75, 3.05) is 13.1 Å². The van der Waals surface area contributed by atoms with Crippen LogP contribution in [0.1, 0.15) is 26.7 Å². The molecule has 3 nitrogen and oxygen atoms in total. The van der Waals surface area contributed by atoms with E-state index in [9.17, 15) is 4.79 Å². The lowest BCUT2D eigenvalue weighted by atomic mass is 9.85. The van der Waals surface area contributed by atoms with Crippen molar-refractivity contribution < 1.29 is 4.79 Å². The summed E-state index contributed by atoms with van der Waals surface area (Å²) in [6.45, 7) is 6.41. The van der Waals surface area contributed by atoms with Gasteiger partial charge in [0.05, 0.1) is 0 Å². The first-order valence-corrected chi connectivity index (χ1v) is 4.09. The van der Waals surface area contributed by atoms with Crippen molar-refractivity contribution in [2.24, 2.45) is 5.41 Å². The van der Waals surface area contributed by atoms with E-state index in [1.165, 1.54) is 12.8 Å². The molecule has 1 aliphatic heterocycles. The molecule has 1 aliphatic rings. The zero-order valence-corrected chi connectivity index (χ0v) is 7.26. The van der Waals surface area contributed by atoms with Gasteiger partial charge in [-0.05, 0) is 18.3 Å². The molecule has 0 aliphatic carbocycles. The number of hydrogen-bond acceptors (Lipinski definition) is 2. The van der Waals surface area contributed by atoms with Crippen LogP contribution in [0.3, 0.4) is 0 Å². The van der Waals surface area contributed by atoms with Crippen molar-refractivity contribution in [3.63, 3.8) is 0 Å². The Balaban J connectivity index is 2.39. The van der Waals surface area contributed by atoms with Crippen LogP contribution in [0.4, 0.5) is 0 Å². The highest BCUT2D eigenvalue weighted by molar-refractivity contribution is 5.44. The second-order valence-corrected chi connectivity index (χ2v) is 3.94. The molecule has 0 aromatic rings. The molecule has 0 aromatic heterocycles. The minimum absolute atomic E-state index is 0.355. The second kappa shape index (κ2) is 3.22. The van der Waals surface area contributed by atoms with Gasteiger partial charge in [-0.1, -0.05) is 13.8 Å². The zero-order valence-electron chi connectivity index (χ0n) is 7.26. The Bertz CT molecular complexity index is 145. The van der Waals surface area contributed by atoms with E-state index < -0.39 is 0 Å². The lowest BCUT2D eigenvalue weighted by Gasteiger charge is -2.36. The summed E-state index contributed by atoms with van der Waals surface area (Å²) in [5, 5.41) is 1.98. The van der Waals surface area contributed by atoms with Gasteiger partial charge in [0, 0.05) is 13.1 Å². The molecular weight excluding hydrogens is 140 g/mol. The minimum atomic E-state index is 0.355. The van der Waals surface area contributed by atoms with Crippen LogP contribution in [0.2, 0.25) is 0 Å². The van der Waals surface area contributed by atoms with Gasteiger partial charge in [0.2, 0.25) is 6.41 Å². The Kier molecular flexibility index (Phi) is 2.49. The summed E-state index contributed by atoms with van der Waals surface area (Å²) >= 11 is 0. The molecule has 0 unspecified atom stereocenters. The summed E-state index contributed by atoms with van der Waals surface area (Å²) in [5.41, 5.74) is 3.05. The number of carbonyl (C=O) groups excluding carboxylic acids is 1. The first-order valence-electron chi connectivity index (χ1n) is 4.09. The van der Waals surface area contributed by atoms with E-state index in [1.54, 1.807) is 0 Å². The maximum Gasteiger partial charge on any atom is 0.221 e. The van der Waals surface area contributed by atoms with Crippen molar-refractivity contribution >= 4 is 6.41 Å². The molecule has 0 spiro atoms. The summed E-state index contributed by atoms with van der Waals surface area (Å²) in [5.74, 6) is 0. The third-order valence-electron chi connectivity index (χ3n) is 2.14. The number of nitrogens with one attached hydrogen (secondary N) is 1. The quantitative estimate of drug-likeness (QED) is 0.599. The summed E-state index contributed by atoms with van der Waals surface area (Å²) in [4.78, 5) is 10.1. The number of piperidine rings is 1. The Labute approximate surface area is 67.7 Å². The molecule has 1 fully saturated rings. The molecule has 0 atom stereocenters. The maximum absolute atomic E-state index is 10.1. The molecule has 1 rings (SSSR count). The van der Waals surface area contributed by atoms with Crippen molar-refractivity contribution in [3.05, 3.63) is 0 Å². The van der Waals surface area contributed by atoms with E-state index in [2.05, 4.69) is 19.3 Å². The third kappa shape index (κ3) is 2.50. The summed E-state index contributed by atoms with van der Waals surface area (Å²) in [6.07, 6.45) is 3.18. The lowest BCUT2D eigenvalue weighted by Crippen LogP contribution is -2.47. The van der Waals surface area contributed by atoms with Gasteiger partial charge in [0.25, 0.3) is 0 Å². The Morgan fingerprint density at radius 3 is 2.82 bits per heavy atom. The normalized spacial score (nSPS) is 24.5. The van der Waals surface area contributed by atoms with Gasteiger partial charge in [0.1, 0.15) is 0 Å². The molecule has 3 heteroatoms. The van der Waals surface area contributed by atoms with Crippen molar-refractivity contribution in [2.45, 2.75) is 26.7 Å². The molecule has 64 valence electrons. The van der Waals surface area contributed by atoms with Crippen LogP contribution in [0.5, 0.6) is 0 Å². The molecule has 0 saturated carbocycles. The lowest BCUT2D eigenvalue weighted by molar-refractivity contribution is -0.115. The van der Waals surface area contributed by atoms with Crippen LogP contribution in [-0.4, -0.2) is 24.5 Å². The number of carbonyl (C=O) groups is 1. The van der Waals surface area contributed by atoms with Crippen molar-refractivity contribution in [1.29, 1.82) is 0 Å².